The molecule has 3 heteroatoms. The van der Waals surface area contributed by atoms with Crippen molar-refractivity contribution in [1.29, 1.82) is 0 Å². The Balaban J connectivity index is 0.000000191. The first-order valence-corrected chi connectivity index (χ1v) is 15.6. The second-order valence-corrected chi connectivity index (χ2v) is 11.6. The van der Waals surface area contributed by atoms with Crippen molar-refractivity contribution in [3.63, 3.8) is 0 Å². The molecular weight excluding hydrogens is 749 g/mol. The summed E-state index contributed by atoms with van der Waals surface area (Å²) in [6.07, 6.45) is 3.76. The normalized spacial score (nSPS) is 10.4. The molecule has 1 radical (unpaired) electrons. The summed E-state index contributed by atoms with van der Waals surface area (Å²) in [4.78, 5) is 9.06. The summed E-state index contributed by atoms with van der Waals surface area (Å²) in [7, 11) is 0. The van der Waals surface area contributed by atoms with Crippen LogP contribution in [0.15, 0.2) is 146 Å². The maximum atomic E-state index is 4.55. The van der Waals surface area contributed by atoms with E-state index >= 15 is 0 Å². The van der Waals surface area contributed by atoms with Crippen molar-refractivity contribution >= 4 is 0 Å². The number of pyridine rings is 2. The van der Waals surface area contributed by atoms with E-state index in [4.69, 9.17) is 0 Å². The van der Waals surface area contributed by atoms with Crippen molar-refractivity contribution in [2.75, 3.05) is 0 Å². The van der Waals surface area contributed by atoms with Gasteiger partial charge in [0.05, 0.1) is 0 Å². The molecule has 0 spiro atoms. The summed E-state index contributed by atoms with van der Waals surface area (Å²) in [6, 6.07) is 53.0. The van der Waals surface area contributed by atoms with Crippen LogP contribution in [0, 0.1) is 39.8 Å². The maximum absolute atomic E-state index is 4.55. The Bertz CT molecular complexity index is 2080. The molecule has 0 fully saturated rings. The third kappa shape index (κ3) is 8.07. The molecule has 0 saturated carbocycles. The van der Waals surface area contributed by atoms with Crippen LogP contribution in [0.25, 0.3) is 55.9 Å². The molecule has 0 aliphatic heterocycles. The summed E-state index contributed by atoms with van der Waals surface area (Å²) < 4.78 is 0. The Labute approximate surface area is 292 Å². The van der Waals surface area contributed by atoms with Gasteiger partial charge in [0, 0.05) is 32.5 Å². The summed E-state index contributed by atoms with van der Waals surface area (Å²) >= 11 is 0. The molecule has 0 bridgehead atoms. The quantitative estimate of drug-likeness (QED) is 0.163. The Morgan fingerprint density at radius 2 is 1.23 bits per heavy atom. The van der Waals surface area contributed by atoms with Crippen LogP contribution in [-0.4, -0.2) is 9.97 Å². The van der Waals surface area contributed by atoms with E-state index in [-0.39, 0.29) is 20.1 Å². The van der Waals surface area contributed by atoms with Crippen LogP contribution in [0.4, 0.5) is 0 Å². The molecule has 0 aliphatic carbocycles. The van der Waals surface area contributed by atoms with Gasteiger partial charge >= 0.3 is 0 Å². The Morgan fingerprint density at radius 1 is 0.489 bits per heavy atom. The van der Waals surface area contributed by atoms with Crippen LogP contribution in [0.5, 0.6) is 0 Å². The molecule has 5 aromatic carbocycles. The topological polar surface area (TPSA) is 25.8 Å². The van der Waals surface area contributed by atoms with Crippen LogP contribution in [0.1, 0.15) is 22.3 Å². The minimum Gasteiger partial charge on any atom is -0.305 e. The summed E-state index contributed by atoms with van der Waals surface area (Å²) in [5.74, 6) is 0. The number of rotatable bonds is 5. The molecule has 0 N–H and O–H groups in total. The van der Waals surface area contributed by atoms with E-state index in [0.29, 0.717) is 0 Å². The molecule has 47 heavy (non-hydrogen) atoms. The van der Waals surface area contributed by atoms with E-state index in [2.05, 4.69) is 146 Å². The van der Waals surface area contributed by atoms with Crippen LogP contribution < -0.4 is 0 Å². The van der Waals surface area contributed by atoms with E-state index in [1.54, 1.807) is 0 Å². The van der Waals surface area contributed by atoms with Crippen molar-refractivity contribution in [3.8, 4) is 55.9 Å². The number of hydrogen-bond acceptors (Lipinski definition) is 2. The van der Waals surface area contributed by atoms with Gasteiger partial charge in [-0.1, -0.05) is 136 Å². The fraction of sp³-hybridized carbons (Fsp3) is 0.0909. The second-order valence-electron chi connectivity index (χ2n) is 11.6. The predicted octanol–water partition coefficient (Wildman–Crippen LogP) is 11.3. The molecular formula is C44H36IrN2-2. The second kappa shape index (κ2) is 15.6. The maximum Gasteiger partial charge on any atom is 0.0190 e. The monoisotopic (exact) mass is 785 g/mol. The van der Waals surface area contributed by atoms with Crippen molar-refractivity contribution in [2.24, 2.45) is 0 Å². The van der Waals surface area contributed by atoms with Gasteiger partial charge < -0.3 is 9.97 Å². The molecule has 0 unspecified atom stereocenters. The van der Waals surface area contributed by atoms with E-state index in [1.165, 1.54) is 55.6 Å². The molecule has 2 aromatic heterocycles. The first kappa shape index (κ1) is 33.4. The van der Waals surface area contributed by atoms with Gasteiger partial charge in [-0.3, -0.25) is 0 Å². The SMILES string of the molecule is Cc1ccc(-c2[c-]cccc2-c2ccccc2)nc1.Cc1cccc(-c2c[c-]c(-c3cc(C)ccn3)cc2-c2ccccc2C)c1.[Ir]. The largest absolute Gasteiger partial charge is 0.305 e. The van der Waals surface area contributed by atoms with E-state index < -0.39 is 0 Å². The van der Waals surface area contributed by atoms with Gasteiger partial charge in [-0.05, 0) is 61.8 Å². The first-order valence-electron chi connectivity index (χ1n) is 15.6. The van der Waals surface area contributed by atoms with Gasteiger partial charge in [0.25, 0.3) is 0 Å². The average molecular weight is 785 g/mol. The zero-order chi connectivity index (χ0) is 31.9. The van der Waals surface area contributed by atoms with Gasteiger partial charge in [-0.15, -0.1) is 53.6 Å². The van der Waals surface area contributed by atoms with Crippen LogP contribution in [0.3, 0.4) is 0 Å². The van der Waals surface area contributed by atoms with Crippen molar-refractivity contribution in [3.05, 3.63) is 180 Å². The Hall–Kier alpha value is -4.95. The number of nitrogens with zero attached hydrogens (tertiary/aromatic N) is 2. The summed E-state index contributed by atoms with van der Waals surface area (Å²) in [6.45, 7) is 8.43. The third-order valence-corrected chi connectivity index (χ3v) is 8.01. The zero-order valence-corrected chi connectivity index (χ0v) is 29.5. The van der Waals surface area contributed by atoms with Crippen LogP contribution >= 0.6 is 0 Å². The number of hydrogen-bond donors (Lipinski definition) is 0. The van der Waals surface area contributed by atoms with Gasteiger partial charge in [0.2, 0.25) is 0 Å². The Kier molecular flexibility index (Phi) is 11.1. The van der Waals surface area contributed by atoms with E-state index in [0.717, 1.165) is 22.5 Å². The molecule has 7 rings (SSSR count). The minimum atomic E-state index is 0. The average Bonchev–Trinajstić information content (AvgIpc) is 3.09. The van der Waals surface area contributed by atoms with Gasteiger partial charge in [0.15, 0.2) is 0 Å². The van der Waals surface area contributed by atoms with Gasteiger partial charge in [-0.25, -0.2) is 0 Å². The van der Waals surface area contributed by atoms with Gasteiger partial charge in [-0.2, -0.15) is 0 Å². The van der Waals surface area contributed by atoms with Gasteiger partial charge in [0.1, 0.15) is 0 Å². The fourth-order valence-corrected chi connectivity index (χ4v) is 5.59. The summed E-state index contributed by atoms with van der Waals surface area (Å²) in [5.41, 5.74) is 16.1. The molecule has 0 amide bonds. The zero-order valence-electron chi connectivity index (χ0n) is 27.1. The number of aryl methyl sites for hydroxylation is 4. The minimum absolute atomic E-state index is 0. The van der Waals surface area contributed by atoms with Crippen molar-refractivity contribution in [1.82, 2.24) is 9.97 Å². The van der Waals surface area contributed by atoms with E-state index in [1.807, 2.05) is 49.6 Å². The van der Waals surface area contributed by atoms with E-state index in [9.17, 15) is 0 Å². The van der Waals surface area contributed by atoms with Crippen molar-refractivity contribution in [2.45, 2.75) is 27.7 Å². The fourth-order valence-electron chi connectivity index (χ4n) is 5.59. The standard InChI is InChI=1S/C26H22N.C18H14N.Ir/c1-18-7-6-9-21(15-18)24-12-11-22(26-16-19(2)13-14-27-26)17-25(24)23-10-5-4-8-20(23)3;1-14-11-12-18(19-13-14)17-10-6-5-9-16(17)15-7-3-2-4-8-15;/h4-10,12-17H,1-3H3;2-9,11-13H,1H3;/q2*-1;. The predicted molar refractivity (Wildman–Crippen MR) is 192 cm³/mol. The van der Waals surface area contributed by atoms with Crippen LogP contribution in [-0.2, 0) is 20.1 Å². The number of aromatic nitrogens is 2. The number of benzene rings is 5. The van der Waals surface area contributed by atoms with Crippen LogP contribution in [0.2, 0.25) is 0 Å². The Morgan fingerprint density at radius 3 is 1.98 bits per heavy atom. The molecule has 0 saturated heterocycles. The molecule has 7 aromatic rings. The van der Waals surface area contributed by atoms with Crippen molar-refractivity contribution < 1.29 is 20.1 Å². The smallest absolute Gasteiger partial charge is 0.0190 e. The first-order chi connectivity index (χ1) is 22.5. The molecule has 0 aliphatic rings. The third-order valence-electron chi connectivity index (χ3n) is 8.01. The molecule has 0 atom stereocenters. The molecule has 233 valence electrons. The molecule has 2 nitrogen and oxygen atoms in total. The summed E-state index contributed by atoms with van der Waals surface area (Å²) in [5, 5.41) is 0. The molecule has 2 heterocycles.